The maximum absolute atomic E-state index is 12.8. The maximum atomic E-state index is 12.8. The van der Waals surface area contributed by atoms with Crippen LogP contribution in [0.1, 0.15) is 47.7 Å². The zero-order valence-corrected chi connectivity index (χ0v) is 19.0. The first kappa shape index (κ1) is 22.6. The van der Waals surface area contributed by atoms with Gasteiger partial charge in [-0.1, -0.05) is 6.92 Å². The maximum Gasteiger partial charge on any atom is 0.256 e. The molecule has 1 unspecified atom stereocenters. The van der Waals surface area contributed by atoms with E-state index in [1.54, 1.807) is 19.9 Å². The average Bonchev–Trinajstić information content (AvgIpc) is 3.07. The van der Waals surface area contributed by atoms with E-state index >= 15 is 0 Å². The van der Waals surface area contributed by atoms with Crippen molar-refractivity contribution in [2.75, 3.05) is 5.32 Å². The van der Waals surface area contributed by atoms with Gasteiger partial charge < -0.3 is 5.32 Å². The van der Waals surface area contributed by atoms with E-state index in [-0.39, 0.29) is 10.9 Å². The summed E-state index contributed by atoms with van der Waals surface area (Å²) in [6.45, 7) is 9.22. The highest BCUT2D eigenvalue weighted by Gasteiger charge is 2.18. The van der Waals surface area contributed by atoms with Crippen LogP contribution in [0.25, 0.3) is 5.95 Å². The van der Waals surface area contributed by atoms with E-state index < -0.39 is 15.9 Å². The van der Waals surface area contributed by atoms with Crippen LogP contribution in [0, 0.1) is 20.8 Å². The molecule has 31 heavy (non-hydrogen) atoms. The summed E-state index contributed by atoms with van der Waals surface area (Å²) in [6, 6.07) is 9.16. The lowest BCUT2D eigenvalue weighted by Crippen LogP contribution is -2.32. The van der Waals surface area contributed by atoms with Gasteiger partial charge in [-0.2, -0.15) is 9.78 Å². The Morgan fingerprint density at radius 1 is 1.03 bits per heavy atom. The van der Waals surface area contributed by atoms with Crippen LogP contribution in [0.15, 0.2) is 41.3 Å². The first-order valence-electron chi connectivity index (χ1n) is 9.92. The molecule has 1 aromatic carbocycles. The summed E-state index contributed by atoms with van der Waals surface area (Å²) in [5.74, 6) is 0.380. The van der Waals surface area contributed by atoms with Crippen LogP contribution in [-0.2, 0) is 10.0 Å². The van der Waals surface area contributed by atoms with E-state index in [1.165, 1.54) is 28.9 Å². The third kappa shape index (κ3) is 5.33. The molecule has 1 amide bonds. The number of hydrogen-bond donors (Lipinski definition) is 2. The standard InChI is InChI=1S/C21H26N6O3S/c1-6-13(2)26-31(29,30)18-9-7-17(8-10-18)20(28)24-19-12-16(5)25-27(19)21-22-14(3)11-15(4)23-21/h7-13,26H,6H2,1-5H3,(H,24,28). The van der Waals surface area contributed by atoms with Gasteiger partial charge in [0.05, 0.1) is 10.6 Å². The van der Waals surface area contributed by atoms with Crippen LogP contribution in [0.5, 0.6) is 0 Å². The van der Waals surface area contributed by atoms with Crippen molar-refractivity contribution in [2.45, 2.75) is 52.0 Å². The second kappa shape index (κ2) is 8.94. The summed E-state index contributed by atoms with van der Waals surface area (Å²) in [6.07, 6.45) is 0.678. The molecule has 0 fully saturated rings. The molecule has 1 atom stereocenters. The predicted octanol–water partition coefficient (Wildman–Crippen LogP) is 2.92. The number of aryl methyl sites for hydroxylation is 3. The van der Waals surface area contributed by atoms with Crippen LogP contribution in [0.4, 0.5) is 5.82 Å². The number of carbonyl (C=O) groups excluding carboxylic acids is 1. The lowest BCUT2D eigenvalue weighted by Gasteiger charge is -2.12. The Bertz CT molecular complexity index is 1180. The smallest absolute Gasteiger partial charge is 0.256 e. The van der Waals surface area contributed by atoms with E-state index in [2.05, 4.69) is 25.1 Å². The molecule has 9 nitrogen and oxygen atoms in total. The van der Waals surface area contributed by atoms with Crippen molar-refractivity contribution in [3.8, 4) is 5.95 Å². The van der Waals surface area contributed by atoms with Crippen LogP contribution in [-0.4, -0.2) is 40.1 Å². The molecule has 3 aromatic rings. The Balaban J connectivity index is 1.83. The number of nitrogens with zero attached hydrogens (tertiary/aromatic N) is 4. The Morgan fingerprint density at radius 3 is 2.23 bits per heavy atom. The Morgan fingerprint density at radius 2 is 1.65 bits per heavy atom. The lowest BCUT2D eigenvalue weighted by atomic mass is 10.2. The van der Waals surface area contributed by atoms with Crippen molar-refractivity contribution >= 4 is 21.7 Å². The van der Waals surface area contributed by atoms with Gasteiger partial charge in [0.15, 0.2) is 0 Å². The second-order valence-corrected chi connectivity index (χ2v) is 9.16. The molecule has 0 bridgehead atoms. The molecular formula is C21H26N6O3S. The molecule has 164 valence electrons. The van der Waals surface area contributed by atoms with Gasteiger partial charge >= 0.3 is 0 Å². The van der Waals surface area contributed by atoms with E-state index in [0.717, 1.165) is 11.4 Å². The van der Waals surface area contributed by atoms with Gasteiger partial charge in [0.2, 0.25) is 10.0 Å². The zero-order valence-electron chi connectivity index (χ0n) is 18.2. The lowest BCUT2D eigenvalue weighted by molar-refractivity contribution is 0.102. The van der Waals surface area contributed by atoms with E-state index in [9.17, 15) is 13.2 Å². The predicted molar refractivity (Wildman–Crippen MR) is 118 cm³/mol. The van der Waals surface area contributed by atoms with Gasteiger partial charge in [0, 0.05) is 29.1 Å². The molecule has 2 heterocycles. The van der Waals surface area contributed by atoms with Crippen molar-refractivity contribution < 1.29 is 13.2 Å². The van der Waals surface area contributed by atoms with Crippen LogP contribution < -0.4 is 10.0 Å². The number of benzene rings is 1. The highest BCUT2D eigenvalue weighted by atomic mass is 32.2. The highest BCUT2D eigenvalue weighted by molar-refractivity contribution is 7.89. The summed E-state index contributed by atoms with van der Waals surface area (Å²) < 4.78 is 28.9. The van der Waals surface area contributed by atoms with Crippen molar-refractivity contribution in [1.82, 2.24) is 24.5 Å². The van der Waals surface area contributed by atoms with Gasteiger partial charge in [0.25, 0.3) is 11.9 Å². The van der Waals surface area contributed by atoms with Crippen LogP contribution in [0.2, 0.25) is 0 Å². The molecule has 2 N–H and O–H groups in total. The van der Waals surface area contributed by atoms with E-state index in [0.29, 0.717) is 29.4 Å². The van der Waals surface area contributed by atoms with Crippen molar-refractivity contribution in [3.63, 3.8) is 0 Å². The fourth-order valence-corrected chi connectivity index (χ4v) is 4.26. The molecule has 2 aromatic heterocycles. The minimum absolute atomic E-state index is 0.105. The number of sulfonamides is 1. The summed E-state index contributed by atoms with van der Waals surface area (Å²) in [5.41, 5.74) is 2.58. The van der Waals surface area contributed by atoms with Crippen molar-refractivity contribution in [2.24, 2.45) is 0 Å². The quantitative estimate of drug-likeness (QED) is 0.581. The van der Waals surface area contributed by atoms with Gasteiger partial charge in [-0.25, -0.2) is 23.1 Å². The molecule has 0 aliphatic heterocycles. The number of nitrogens with one attached hydrogen (secondary N) is 2. The number of carbonyl (C=O) groups is 1. The molecule has 3 rings (SSSR count). The fraction of sp³-hybridized carbons (Fsp3) is 0.333. The fourth-order valence-electron chi connectivity index (χ4n) is 2.93. The van der Waals surface area contributed by atoms with Crippen molar-refractivity contribution in [1.29, 1.82) is 0 Å². The minimum atomic E-state index is -3.63. The van der Waals surface area contributed by atoms with Gasteiger partial charge in [0.1, 0.15) is 5.82 Å². The highest BCUT2D eigenvalue weighted by Crippen LogP contribution is 2.18. The Kier molecular flexibility index (Phi) is 6.51. The van der Waals surface area contributed by atoms with E-state index in [1.807, 2.05) is 26.8 Å². The van der Waals surface area contributed by atoms with Gasteiger partial charge in [-0.3, -0.25) is 4.79 Å². The number of aromatic nitrogens is 4. The third-order valence-electron chi connectivity index (χ3n) is 4.63. The molecule has 0 spiro atoms. The Hall–Kier alpha value is -3.11. The number of amides is 1. The van der Waals surface area contributed by atoms with Crippen LogP contribution in [0.3, 0.4) is 0 Å². The molecular weight excluding hydrogens is 416 g/mol. The molecule has 10 heteroatoms. The third-order valence-corrected chi connectivity index (χ3v) is 6.23. The monoisotopic (exact) mass is 442 g/mol. The average molecular weight is 443 g/mol. The van der Waals surface area contributed by atoms with Gasteiger partial charge in [-0.05, 0) is 64.4 Å². The Labute approximate surface area is 182 Å². The normalized spacial score (nSPS) is 12.5. The topological polar surface area (TPSA) is 119 Å². The summed E-state index contributed by atoms with van der Waals surface area (Å²) in [5, 5.41) is 7.18. The summed E-state index contributed by atoms with van der Waals surface area (Å²) >= 11 is 0. The summed E-state index contributed by atoms with van der Waals surface area (Å²) in [4.78, 5) is 21.7. The largest absolute Gasteiger partial charge is 0.306 e. The molecule has 0 saturated heterocycles. The molecule has 0 aliphatic rings. The zero-order chi connectivity index (χ0) is 22.8. The SMILES string of the molecule is CCC(C)NS(=O)(=O)c1ccc(C(=O)Nc2cc(C)nn2-c2nc(C)cc(C)n2)cc1. The second-order valence-electron chi connectivity index (χ2n) is 7.44. The number of rotatable bonds is 7. The summed E-state index contributed by atoms with van der Waals surface area (Å²) in [7, 11) is -3.63. The molecule has 0 saturated carbocycles. The minimum Gasteiger partial charge on any atom is -0.306 e. The first-order chi connectivity index (χ1) is 14.6. The van der Waals surface area contributed by atoms with Gasteiger partial charge in [-0.15, -0.1) is 0 Å². The van der Waals surface area contributed by atoms with Crippen LogP contribution >= 0.6 is 0 Å². The van der Waals surface area contributed by atoms with Crippen molar-refractivity contribution in [3.05, 3.63) is 59.0 Å². The molecule has 0 aliphatic carbocycles. The number of anilines is 1. The first-order valence-corrected chi connectivity index (χ1v) is 11.4. The molecule has 0 radical (unpaired) electrons. The number of hydrogen-bond acceptors (Lipinski definition) is 6. The van der Waals surface area contributed by atoms with E-state index in [4.69, 9.17) is 0 Å².